The largest absolute Gasteiger partial charge is 0.416 e. The molecule has 1 aromatic carbocycles. The van der Waals surface area contributed by atoms with Crippen LogP contribution < -0.4 is 0 Å². The van der Waals surface area contributed by atoms with Crippen LogP contribution in [0.4, 0.5) is 13.2 Å². The number of hydrogen-bond donors (Lipinski definition) is 1. The topological polar surface area (TPSA) is 38.0 Å². The third-order valence-electron chi connectivity index (χ3n) is 3.83. The molecule has 2 aromatic rings. The van der Waals surface area contributed by atoms with Gasteiger partial charge in [0.2, 0.25) is 0 Å². The Balaban J connectivity index is 2.00. The monoisotopic (exact) mass is 296 g/mol. The van der Waals surface area contributed by atoms with Gasteiger partial charge in [-0.1, -0.05) is 12.1 Å². The Hall–Kier alpha value is -1.82. The van der Waals surface area contributed by atoms with Crippen molar-refractivity contribution in [1.29, 1.82) is 0 Å². The van der Waals surface area contributed by atoms with Gasteiger partial charge in [0.25, 0.3) is 0 Å². The van der Waals surface area contributed by atoms with Crippen LogP contribution in [0.2, 0.25) is 0 Å². The van der Waals surface area contributed by atoms with Crippen LogP contribution in [0.3, 0.4) is 0 Å². The molecule has 1 unspecified atom stereocenters. The van der Waals surface area contributed by atoms with Gasteiger partial charge in [-0.05, 0) is 25.0 Å². The van der Waals surface area contributed by atoms with Crippen molar-refractivity contribution in [2.24, 2.45) is 0 Å². The molecule has 0 bridgehead atoms. The van der Waals surface area contributed by atoms with Crippen molar-refractivity contribution in [2.75, 3.05) is 6.61 Å². The molecule has 1 aromatic heterocycles. The highest BCUT2D eigenvalue weighted by molar-refractivity contribution is 5.60. The number of alkyl halides is 3. The fourth-order valence-electron chi connectivity index (χ4n) is 2.74. The second-order valence-corrected chi connectivity index (χ2v) is 5.28. The Morgan fingerprint density at radius 1 is 1.33 bits per heavy atom. The van der Waals surface area contributed by atoms with E-state index in [0.717, 1.165) is 37.3 Å². The van der Waals surface area contributed by atoms with Gasteiger partial charge in [-0.15, -0.1) is 0 Å². The lowest BCUT2D eigenvalue weighted by molar-refractivity contribution is -0.137. The number of aliphatic hydroxyl groups excluding tert-OH is 1. The smallest absolute Gasteiger partial charge is 0.396 e. The standard InChI is InChI=1S/C15H15F3N2O/c16-15(17,18)12-5-1-3-10(7-12)13-8-20-6-2-4-11(9-21)14(20)19-13/h1,3,5,7-8,11,21H,2,4,6,9H2. The Kier molecular flexibility index (Phi) is 3.49. The van der Waals surface area contributed by atoms with Crippen LogP contribution in [-0.2, 0) is 12.7 Å². The minimum Gasteiger partial charge on any atom is -0.396 e. The average Bonchev–Trinajstić information content (AvgIpc) is 2.90. The molecule has 1 aliphatic heterocycles. The van der Waals surface area contributed by atoms with Crippen LogP contribution in [-0.4, -0.2) is 21.3 Å². The lowest BCUT2D eigenvalue weighted by Crippen LogP contribution is -2.18. The van der Waals surface area contributed by atoms with Gasteiger partial charge in [0.1, 0.15) is 5.82 Å². The quantitative estimate of drug-likeness (QED) is 0.922. The van der Waals surface area contributed by atoms with E-state index in [-0.39, 0.29) is 12.5 Å². The number of imidazole rings is 1. The third-order valence-corrected chi connectivity index (χ3v) is 3.83. The van der Waals surface area contributed by atoms with E-state index in [1.165, 1.54) is 6.07 Å². The van der Waals surface area contributed by atoms with E-state index in [9.17, 15) is 18.3 Å². The first-order valence-electron chi connectivity index (χ1n) is 6.84. The molecule has 0 saturated carbocycles. The van der Waals surface area contributed by atoms with Gasteiger partial charge in [-0.3, -0.25) is 0 Å². The minimum atomic E-state index is -4.36. The van der Waals surface area contributed by atoms with Gasteiger partial charge in [-0.2, -0.15) is 13.2 Å². The van der Waals surface area contributed by atoms with E-state index < -0.39 is 11.7 Å². The van der Waals surface area contributed by atoms with Gasteiger partial charge in [0, 0.05) is 24.2 Å². The van der Waals surface area contributed by atoms with E-state index in [0.29, 0.717) is 11.3 Å². The SMILES string of the molecule is OCC1CCCn2cc(-c3cccc(C(F)(F)F)c3)nc21. The summed E-state index contributed by atoms with van der Waals surface area (Å²) in [6.45, 7) is 0.802. The number of nitrogens with zero attached hydrogens (tertiary/aromatic N) is 2. The van der Waals surface area contributed by atoms with Crippen LogP contribution in [0.5, 0.6) is 0 Å². The van der Waals surface area contributed by atoms with Crippen molar-refractivity contribution in [3.8, 4) is 11.3 Å². The van der Waals surface area contributed by atoms with E-state index >= 15 is 0 Å². The first kappa shape index (κ1) is 14.1. The van der Waals surface area contributed by atoms with Crippen molar-refractivity contribution in [3.63, 3.8) is 0 Å². The lowest BCUT2D eigenvalue weighted by atomic mass is 10.0. The number of fused-ring (bicyclic) bond motifs is 1. The minimum absolute atomic E-state index is 0.0129. The molecule has 0 saturated heterocycles. The molecular formula is C15H15F3N2O. The van der Waals surface area contributed by atoms with Crippen LogP contribution in [0.1, 0.15) is 30.1 Å². The number of benzene rings is 1. The number of aliphatic hydroxyl groups is 1. The number of hydrogen-bond acceptors (Lipinski definition) is 2. The van der Waals surface area contributed by atoms with E-state index in [4.69, 9.17) is 0 Å². The molecular weight excluding hydrogens is 281 g/mol. The lowest BCUT2D eigenvalue weighted by Gasteiger charge is -2.21. The van der Waals surface area contributed by atoms with Gasteiger partial charge in [0.15, 0.2) is 0 Å². The molecule has 1 aliphatic rings. The summed E-state index contributed by atoms with van der Waals surface area (Å²) in [5.41, 5.74) is 0.296. The Morgan fingerprint density at radius 2 is 2.14 bits per heavy atom. The fraction of sp³-hybridized carbons (Fsp3) is 0.400. The Bertz CT molecular complexity index is 649. The summed E-state index contributed by atoms with van der Waals surface area (Å²) in [5, 5.41) is 9.37. The number of aryl methyl sites for hydroxylation is 1. The summed E-state index contributed by atoms with van der Waals surface area (Å²) in [4.78, 5) is 4.43. The summed E-state index contributed by atoms with van der Waals surface area (Å²) in [6.07, 6.45) is -0.790. The third kappa shape index (κ3) is 2.68. The molecule has 0 amide bonds. The Labute approximate surface area is 120 Å². The molecule has 112 valence electrons. The zero-order valence-electron chi connectivity index (χ0n) is 11.3. The normalized spacial score (nSPS) is 18.6. The van der Waals surface area contributed by atoms with Gasteiger partial charge in [-0.25, -0.2) is 4.98 Å². The van der Waals surface area contributed by atoms with Crippen molar-refractivity contribution in [3.05, 3.63) is 41.9 Å². The van der Waals surface area contributed by atoms with Gasteiger partial charge in [0.05, 0.1) is 17.9 Å². The molecule has 0 radical (unpaired) electrons. The van der Waals surface area contributed by atoms with E-state index in [2.05, 4.69) is 4.98 Å². The number of halogens is 3. The summed E-state index contributed by atoms with van der Waals surface area (Å²) >= 11 is 0. The highest BCUT2D eigenvalue weighted by Gasteiger charge is 2.31. The second-order valence-electron chi connectivity index (χ2n) is 5.28. The maximum atomic E-state index is 12.8. The van der Waals surface area contributed by atoms with Crippen molar-refractivity contribution in [2.45, 2.75) is 31.5 Å². The zero-order valence-corrected chi connectivity index (χ0v) is 11.3. The average molecular weight is 296 g/mol. The highest BCUT2D eigenvalue weighted by atomic mass is 19.4. The number of rotatable bonds is 2. The molecule has 3 nitrogen and oxygen atoms in total. The molecule has 6 heteroatoms. The molecule has 0 fully saturated rings. The fourth-order valence-corrected chi connectivity index (χ4v) is 2.74. The summed E-state index contributed by atoms with van der Waals surface area (Å²) in [6, 6.07) is 5.18. The van der Waals surface area contributed by atoms with Crippen molar-refractivity contribution >= 4 is 0 Å². The predicted octanol–water partition coefficient (Wildman–Crippen LogP) is 3.44. The van der Waals surface area contributed by atoms with Crippen LogP contribution in [0.15, 0.2) is 30.5 Å². The maximum absolute atomic E-state index is 12.8. The molecule has 0 aliphatic carbocycles. The van der Waals surface area contributed by atoms with Gasteiger partial charge >= 0.3 is 6.18 Å². The zero-order chi connectivity index (χ0) is 15.0. The first-order chi connectivity index (χ1) is 9.99. The molecule has 2 heterocycles. The molecule has 21 heavy (non-hydrogen) atoms. The Morgan fingerprint density at radius 3 is 2.86 bits per heavy atom. The summed E-state index contributed by atoms with van der Waals surface area (Å²) in [5.74, 6) is 0.731. The maximum Gasteiger partial charge on any atom is 0.416 e. The van der Waals surface area contributed by atoms with Crippen LogP contribution >= 0.6 is 0 Å². The van der Waals surface area contributed by atoms with E-state index in [1.807, 2.05) is 4.57 Å². The summed E-state index contributed by atoms with van der Waals surface area (Å²) < 4.78 is 40.2. The molecule has 3 rings (SSSR count). The molecule has 1 atom stereocenters. The van der Waals surface area contributed by atoms with Crippen LogP contribution in [0.25, 0.3) is 11.3 Å². The van der Waals surface area contributed by atoms with Crippen molar-refractivity contribution < 1.29 is 18.3 Å². The highest BCUT2D eigenvalue weighted by Crippen LogP contribution is 2.33. The molecule has 1 N–H and O–H groups in total. The van der Waals surface area contributed by atoms with Gasteiger partial charge < -0.3 is 9.67 Å². The second kappa shape index (κ2) is 5.18. The van der Waals surface area contributed by atoms with Crippen molar-refractivity contribution in [1.82, 2.24) is 9.55 Å². The summed E-state index contributed by atoms with van der Waals surface area (Å²) in [7, 11) is 0. The van der Waals surface area contributed by atoms with Crippen LogP contribution in [0, 0.1) is 0 Å². The molecule has 0 spiro atoms. The predicted molar refractivity (Wildman–Crippen MR) is 71.7 cm³/mol. The van der Waals surface area contributed by atoms with E-state index in [1.54, 1.807) is 12.3 Å². The number of aromatic nitrogens is 2. The first-order valence-corrected chi connectivity index (χ1v) is 6.84.